The van der Waals surface area contributed by atoms with E-state index in [9.17, 15) is 9.18 Å². The number of aliphatic hydroxyl groups excluding tert-OH is 1. The molecule has 0 aliphatic heterocycles. The van der Waals surface area contributed by atoms with Gasteiger partial charge in [-0.05, 0) is 31.0 Å². The fraction of sp³-hybridized carbons (Fsp3) is 0.364. The van der Waals surface area contributed by atoms with Crippen molar-refractivity contribution in [3.63, 3.8) is 0 Å². The van der Waals surface area contributed by atoms with E-state index in [1.165, 1.54) is 12.1 Å². The van der Waals surface area contributed by atoms with Gasteiger partial charge in [0.25, 0.3) is 5.91 Å². The van der Waals surface area contributed by atoms with Crippen LogP contribution in [0.4, 0.5) is 4.39 Å². The van der Waals surface area contributed by atoms with Gasteiger partial charge in [0.2, 0.25) is 0 Å². The van der Waals surface area contributed by atoms with Crippen molar-refractivity contribution in [3.05, 3.63) is 34.6 Å². The minimum Gasteiger partial charge on any atom is -0.396 e. The highest BCUT2D eigenvalue weighted by atomic mass is 35.5. The average Bonchev–Trinajstić information content (AvgIpc) is 2.24. The van der Waals surface area contributed by atoms with Crippen LogP contribution in [0.25, 0.3) is 0 Å². The van der Waals surface area contributed by atoms with E-state index < -0.39 is 11.7 Å². The van der Waals surface area contributed by atoms with E-state index in [0.29, 0.717) is 19.4 Å². The lowest BCUT2D eigenvalue weighted by molar-refractivity contribution is 0.0948. The predicted octanol–water partition coefficient (Wildman–Crippen LogP) is 1.98. The molecule has 0 aromatic heterocycles. The molecule has 3 nitrogen and oxygen atoms in total. The number of nitrogens with one attached hydrogen (secondary N) is 1. The van der Waals surface area contributed by atoms with E-state index in [1.54, 1.807) is 0 Å². The molecule has 0 bridgehead atoms. The van der Waals surface area contributed by atoms with Gasteiger partial charge in [0.1, 0.15) is 5.82 Å². The van der Waals surface area contributed by atoms with Gasteiger partial charge in [-0.2, -0.15) is 0 Å². The molecular formula is C11H13ClFNO2. The average molecular weight is 246 g/mol. The fourth-order valence-corrected chi connectivity index (χ4v) is 1.37. The Morgan fingerprint density at radius 2 is 2.19 bits per heavy atom. The molecule has 0 atom stereocenters. The number of halogens is 2. The number of amides is 1. The zero-order chi connectivity index (χ0) is 12.0. The summed E-state index contributed by atoms with van der Waals surface area (Å²) in [6, 6.07) is 3.91. The molecule has 1 aromatic rings. The van der Waals surface area contributed by atoms with E-state index >= 15 is 0 Å². The van der Waals surface area contributed by atoms with Crippen LogP contribution in [-0.2, 0) is 0 Å². The van der Waals surface area contributed by atoms with Crippen LogP contribution in [0.15, 0.2) is 18.2 Å². The first kappa shape index (κ1) is 12.9. The molecule has 1 aromatic carbocycles. The maximum atomic E-state index is 13.3. The molecule has 0 saturated carbocycles. The molecule has 0 unspecified atom stereocenters. The van der Waals surface area contributed by atoms with E-state index in [0.717, 1.165) is 6.07 Å². The smallest absolute Gasteiger partial charge is 0.254 e. The number of carbonyl (C=O) groups excluding carboxylic acids is 1. The first-order valence-corrected chi connectivity index (χ1v) is 5.37. The van der Waals surface area contributed by atoms with Crippen LogP contribution in [-0.4, -0.2) is 24.2 Å². The van der Waals surface area contributed by atoms with Gasteiger partial charge in [0.05, 0.1) is 5.56 Å². The molecule has 1 rings (SSSR count). The molecule has 0 heterocycles. The summed E-state index contributed by atoms with van der Waals surface area (Å²) in [5, 5.41) is 11.4. The summed E-state index contributed by atoms with van der Waals surface area (Å²) in [5.41, 5.74) is -0.0200. The van der Waals surface area contributed by atoms with Crippen molar-refractivity contribution in [3.8, 4) is 0 Å². The lowest BCUT2D eigenvalue weighted by Gasteiger charge is -2.05. The summed E-state index contributed by atoms with van der Waals surface area (Å²) in [6.07, 6.45) is 1.28. The van der Waals surface area contributed by atoms with Crippen LogP contribution in [0.2, 0.25) is 5.02 Å². The highest BCUT2D eigenvalue weighted by Gasteiger charge is 2.10. The SMILES string of the molecule is O=C(NCCCCO)c1ccc(Cl)cc1F. The van der Waals surface area contributed by atoms with Gasteiger partial charge >= 0.3 is 0 Å². The molecule has 0 spiro atoms. The molecule has 0 saturated heterocycles. The lowest BCUT2D eigenvalue weighted by atomic mass is 10.2. The summed E-state index contributed by atoms with van der Waals surface area (Å²) in [4.78, 5) is 11.5. The van der Waals surface area contributed by atoms with E-state index in [4.69, 9.17) is 16.7 Å². The second-order valence-electron chi connectivity index (χ2n) is 3.31. The third kappa shape index (κ3) is 3.79. The Morgan fingerprint density at radius 3 is 2.81 bits per heavy atom. The third-order valence-electron chi connectivity index (χ3n) is 2.05. The number of aliphatic hydroxyl groups is 1. The van der Waals surface area contributed by atoms with Gasteiger partial charge in [-0.3, -0.25) is 4.79 Å². The van der Waals surface area contributed by atoms with Crippen molar-refractivity contribution < 1.29 is 14.3 Å². The lowest BCUT2D eigenvalue weighted by Crippen LogP contribution is -2.25. The van der Waals surface area contributed by atoms with Gasteiger partial charge in [-0.25, -0.2) is 4.39 Å². The predicted molar refractivity (Wildman–Crippen MR) is 60.1 cm³/mol. The fourth-order valence-electron chi connectivity index (χ4n) is 1.21. The Hall–Kier alpha value is -1.13. The zero-order valence-electron chi connectivity index (χ0n) is 8.67. The topological polar surface area (TPSA) is 49.3 Å². The van der Waals surface area contributed by atoms with Crippen molar-refractivity contribution >= 4 is 17.5 Å². The molecule has 16 heavy (non-hydrogen) atoms. The summed E-state index contributed by atoms with van der Waals surface area (Å²) >= 11 is 5.57. The molecule has 0 fully saturated rings. The monoisotopic (exact) mass is 245 g/mol. The largest absolute Gasteiger partial charge is 0.396 e. The summed E-state index contributed by atoms with van der Waals surface area (Å²) in [7, 11) is 0. The maximum Gasteiger partial charge on any atom is 0.254 e. The van der Waals surface area contributed by atoms with Crippen molar-refractivity contribution in [1.82, 2.24) is 5.32 Å². The Labute approximate surface area is 98.2 Å². The molecule has 0 aliphatic carbocycles. The summed E-state index contributed by atoms with van der Waals surface area (Å²) in [5.74, 6) is -1.10. The molecule has 2 N–H and O–H groups in total. The number of benzene rings is 1. The van der Waals surface area contributed by atoms with Crippen molar-refractivity contribution in [2.24, 2.45) is 0 Å². The Morgan fingerprint density at radius 1 is 1.44 bits per heavy atom. The van der Waals surface area contributed by atoms with E-state index in [2.05, 4.69) is 5.32 Å². The van der Waals surface area contributed by atoms with E-state index in [1.807, 2.05) is 0 Å². The molecule has 5 heteroatoms. The molecular weight excluding hydrogens is 233 g/mol. The van der Waals surface area contributed by atoms with Crippen LogP contribution < -0.4 is 5.32 Å². The Balaban J connectivity index is 2.53. The van der Waals surface area contributed by atoms with Gasteiger partial charge < -0.3 is 10.4 Å². The van der Waals surface area contributed by atoms with Crippen LogP contribution in [0.1, 0.15) is 23.2 Å². The zero-order valence-corrected chi connectivity index (χ0v) is 9.43. The van der Waals surface area contributed by atoms with Gasteiger partial charge in [0.15, 0.2) is 0 Å². The van der Waals surface area contributed by atoms with Crippen LogP contribution in [0.3, 0.4) is 0 Å². The number of hydrogen-bond acceptors (Lipinski definition) is 2. The Kier molecular flexibility index (Phi) is 5.22. The Bertz CT molecular complexity index is 371. The number of hydrogen-bond donors (Lipinski definition) is 2. The van der Waals surface area contributed by atoms with Crippen LogP contribution in [0.5, 0.6) is 0 Å². The molecule has 1 amide bonds. The minimum atomic E-state index is -0.632. The first-order chi connectivity index (χ1) is 7.65. The summed E-state index contributed by atoms with van der Waals surface area (Å²) < 4.78 is 13.3. The maximum absolute atomic E-state index is 13.3. The van der Waals surface area contributed by atoms with Crippen molar-refractivity contribution in [1.29, 1.82) is 0 Å². The number of carbonyl (C=O) groups is 1. The van der Waals surface area contributed by atoms with Gasteiger partial charge in [-0.15, -0.1) is 0 Å². The first-order valence-electron chi connectivity index (χ1n) is 4.99. The van der Waals surface area contributed by atoms with Crippen LogP contribution >= 0.6 is 11.6 Å². The van der Waals surface area contributed by atoms with Gasteiger partial charge in [0, 0.05) is 18.2 Å². The van der Waals surface area contributed by atoms with Crippen molar-refractivity contribution in [2.75, 3.05) is 13.2 Å². The quantitative estimate of drug-likeness (QED) is 0.780. The van der Waals surface area contributed by atoms with Gasteiger partial charge in [-0.1, -0.05) is 11.6 Å². The number of rotatable bonds is 5. The van der Waals surface area contributed by atoms with E-state index in [-0.39, 0.29) is 17.2 Å². The van der Waals surface area contributed by atoms with Crippen molar-refractivity contribution in [2.45, 2.75) is 12.8 Å². The standard InChI is InChI=1S/C11H13ClFNO2/c12-8-3-4-9(10(13)7-8)11(16)14-5-1-2-6-15/h3-4,7,15H,1-2,5-6H2,(H,14,16). The number of unbranched alkanes of at least 4 members (excludes halogenated alkanes) is 1. The molecule has 88 valence electrons. The normalized spacial score (nSPS) is 10.2. The summed E-state index contributed by atoms with van der Waals surface area (Å²) in [6.45, 7) is 0.507. The second-order valence-corrected chi connectivity index (χ2v) is 3.75. The van der Waals surface area contributed by atoms with Crippen LogP contribution in [0, 0.1) is 5.82 Å². The third-order valence-corrected chi connectivity index (χ3v) is 2.28. The molecule has 0 radical (unpaired) electrons. The highest BCUT2D eigenvalue weighted by Crippen LogP contribution is 2.14. The second kappa shape index (κ2) is 6.45. The molecule has 0 aliphatic rings. The highest BCUT2D eigenvalue weighted by molar-refractivity contribution is 6.30. The minimum absolute atomic E-state index is 0.0200.